The van der Waals surface area contributed by atoms with Crippen molar-refractivity contribution in [3.8, 4) is 17.2 Å². The Hall–Kier alpha value is -3.31. The lowest BCUT2D eigenvalue weighted by Crippen LogP contribution is -2.29. The van der Waals surface area contributed by atoms with Crippen LogP contribution in [0.1, 0.15) is 11.8 Å². The van der Waals surface area contributed by atoms with E-state index in [1.165, 1.54) is 40.6 Å². The van der Waals surface area contributed by atoms with Crippen molar-refractivity contribution in [1.82, 2.24) is 9.97 Å². The van der Waals surface area contributed by atoms with Crippen LogP contribution in [0.4, 0.5) is 5.95 Å². The van der Waals surface area contributed by atoms with Crippen molar-refractivity contribution in [2.45, 2.75) is 11.1 Å². The van der Waals surface area contributed by atoms with Gasteiger partial charge in [0, 0.05) is 32.0 Å². The summed E-state index contributed by atoms with van der Waals surface area (Å²) in [4.78, 5) is 22.0. The zero-order valence-corrected chi connectivity index (χ0v) is 19.4. The quantitative estimate of drug-likeness (QED) is 0.501. The van der Waals surface area contributed by atoms with Crippen LogP contribution in [0.25, 0.3) is 10.9 Å². The van der Waals surface area contributed by atoms with Crippen LogP contribution in [-0.4, -0.2) is 60.1 Å². The van der Waals surface area contributed by atoms with E-state index in [2.05, 4.69) is 9.97 Å². The van der Waals surface area contributed by atoms with Gasteiger partial charge in [0.15, 0.2) is 27.6 Å². The molecule has 32 heavy (non-hydrogen) atoms. The number of ether oxygens (including phenoxy) is 4. The molecule has 0 aliphatic carbocycles. The van der Waals surface area contributed by atoms with Gasteiger partial charge in [-0.1, -0.05) is 12.1 Å². The maximum atomic E-state index is 13.0. The van der Waals surface area contributed by atoms with Crippen LogP contribution in [0.2, 0.25) is 0 Å². The summed E-state index contributed by atoms with van der Waals surface area (Å²) in [6, 6.07) is 7.97. The lowest BCUT2D eigenvalue weighted by atomic mass is 10.2. The molecule has 1 aromatic heterocycles. The number of benzene rings is 2. The molecule has 0 aliphatic heterocycles. The Morgan fingerprint density at radius 3 is 2.28 bits per heavy atom. The van der Waals surface area contributed by atoms with Crippen LogP contribution in [-0.2, 0) is 14.6 Å². The number of anilines is 1. The fourth-order valence-corrected chi connectivity index (χ4v) is 4.13. The fraction of sp³-hybridized carbons (Fsp3) is 0.333. The van der Waals surface area contributed by atoms with Crippen molar-refractivity contribution in [2.75, 3.05) is 46.6 Å². The molecule has 0 fully saturated rings. The number of hydrogen-bond acceptors (Lipinski definition) is 9. The molecule has 10 nitrogen and oxygen atoms in total. The van der Waals surface area contributed by atoms with E-state index in [-0.39, 0.29) is 27.7 Å². The number of hydrogen-bond donors (Lipinski definition) is 1. The topological polar surface area (TPSA) is 120 Å². The molecule has 0 saturated heterocycles. The second-order valence-electron chi connectivity index (χ2n) is 6.97. The molecular formula is C21H25N3O7S. The van der Waals surface area contributed by atoms with Crippen molar-refractivity contribution >= 4 is 26.7 Å². The minimum atomic E-state index is -3.40. The molecule has 1 heterocycles. The zero-order chi connectivity index (χ0) is 23.6. The normalized spacial score (nSPS) is 12.4. The molecule has 3 aromatic rings. The maximum absolute atomic E-state index is 13.0. The summed E-state index contributed by atoms with van der Waals surface area (Å²) in [5.41, 5.74) is 0.449. The van der Waals surface area contributed by atoms with Crippen molar-refractivity contribution in [2.24, 2.45) is 0 Å². The molecular weight excluding hydrogens is 438 g/mol. The third-order valence-corrected chi connectivity index (χ3v) is 6.08. The maximum Gasteiger partial charge on any atom is 0.264 e. The summed E-state index contributed by atoms with van der Waals surface area (Å²) in [5, 5.41) is 0.204. The van der Waals surface area contributed by atoms with Gasteiger partial charge in [-0.25, -0.2) is 13.4 Å². The second kappa shape index (κ2) is 9.05. The molecule has 1 atom stereocenters. The van der Waals surface area contributed by atoms with Crippen LogP contribution in [0.5, 0.6) is 17.2 Å². The van der Waals surface area contributed by atoms with Gasteiger partial charge in [0.25, 0.3) is 5.56 Å². The Morgan fingerprint density at radius 2 is 1.72 bits per heavy atom. The Balaban J connectivity index is 2.15. The monoisotopic (exact) mass is 463 g/mol. The van der Waals surface area contributed by atoms with Crippen molar-refractivity contribution in [3.63, 3.8) is 0 Å². The number of fused-ring (bicyclic) bond motifs is 1. The first-order valence-corrected chi connectivity index (χ1v) is 11.3. The van der Waals surface area contributed by atoms with Gasteiger partial charge >= 0.3 is 0 Å². The van der Waals surface area contributed by atoms with Gasteiger partial charge in [0.05, 0.1) is 31.7 Å². The third-order valence-electron chi connectivity index (χ3n) is 4.97. The average Bonchev–Trinajstić information content (AvgIpc) is 2.77. The molecule has 0 amide bonds. The minimum Gasteiger partial charge on any atom is -0.493 e. The van der Waals surface area contributed by atoms with E-state index >= 15 is 0 Å². The highest BCUT2D eigenvalue weighted by molar-refractivity contribution is 7.90. The summed E-state index contributed by atoms with van der Waals surface area (Å²) in [6.45, 7) is 0. The van der Waals surface area contributed by atoms with Crippen LogP contribution in [0.3, 0.4) is 0 Å². The SMILES string of the molecule is COc1cc2nc(N(C)C(OC)c3cccc(S(C)(=O)=O)c3)[nH]c(=O)c2c(OC)c1OC. The predicted octanol–water partition coefficient (Wildman–Crippen LogP) is 2.13. The van der Waals surface area contributed by atoms with Crippen LogP contribution in [0, 0.1) is 0 Å². The molecule has 1 unspecified atom stereocenters. The van der Waals surface area contributed by atoms with Crippen LogP contribution < -0.4 is 24.7 Å². The van der Waals surface area contributed by atoms with Gasteiger partial charge in [-0.15, -0.1) is 0 Å². The average molecular weight is 464 g/mol. The smallest absolute Gasteiger partial charge is 0.264 e. The highest BCUT2D eigenvalue weighted by Crippen LogP contribution is 2.41. The first-order valence-electron chi connectivity index (χ1n) is 9.44. The van der Waals surface area contributed by atoms with Crippen molar-refractivity contribution in [3.05, 3.63) is 46.2 Å². The third kappa shape index (κ3) is 4.21. The molecule has 3 rings (SSSR count). The zero-order valence-electron chi connectivity index (χ0n) is 18.6. The number of H-pyrrole nitrogens is 1. The molecule has 0 aliphatic rings. The van der Waals surface area contributed by atoms with Crippen molar-refractivity contribution < 1.29 is 27.4 Å². The number of rotatable bonds is 8. The molecule has 1 N–H and O–H groups in total. The predicted molar refractivity (Wildman–Crippen MR) is 120 cm³/mol. The molecule has 172 valence electrons. The first kappa shape index (κ1) is 23.4. The number of nitrogens with zero attached hydrogens (tertiary/aromatic N) is 2. The number of aromatic amines is 1. The summed E-state index contributed by atoms with van der Waals surface area (Å²) < 4.78 is 45.6. The van der Waals surface area contributed by atoms with Gasteiger partial charge in [-0.2, -0.15) is 0 Å². The van der Waals surface area contributed by atoms with Gasteiger partial charge in [-0.3, -0.25) is 9.78 Å². The van der Waals surface area contributed by atoms with E-state index in [4.69, 9.17) is 18.9 Å². The van der Waals surface area contributed by atoms with E-state index in [0.717, 1.165) is 6.26 Å². The number of sulfone groups is 1. The van der Waals surface area contributed by atoms with Gasteiger partial charge in [-0.05, 0) is 12.1 Å². The highest BCUT2D eigenvalue weighted by atomic mass is 32.2. The molecule has 0 spiro atoms. The van der Waals surface area contributed by atoms with Crippen molar-refractivity contribution in [1.29, 1.82) is 0 Å². The van der Waals surface area contributed by atoms with Crippen LogP contribution >= 0.6 is 0 Å². The van der Waals surface area contributed by atoms with E-state index in [9.17, 15) is 13.2 Å². The van der Waals surface area contributed by atoms with E-state index in [1.807, 2.05) is 0 Å². The lowest BCUT2D eigenvalue weighted by Gasteiger charge is -2.28. The highest BCUT2D eigenvalue weighted by Gasteiger charge is 2.24. The summed E-state index contributed by atoms with van der Waals surface area (Å²) in [5.74, 6) is 1.04. The first-order chi connectivity index (χ1) is 15.2. The lowest BCUT2D eigenvalue weighted by molar-refractivity contribution is 0.103. The van der Waals surface area contributed by atoms with Crippen LogP contribution in [0.15, 0.2) is 40.0 Å². The van der Waals surface area contributed by atoms with E-state index in [1.54, 1.807) is 30.1 Å². The second-order valence-corrected chi connectivity index (χ2v) is 8.99. The molecule has 0 bridgehead atoms. The largest absolute Gasteiger partial charge is 0.493 e. The van der Waals surface area contributed by atoms with E-state index < -0.39 is 21.6 Å². The summed E-state index contributed by atoms with van der Waals surface area (Å²) >= 11 is 0. The fourth-order valence-electron chi connectivity index (χ4n) is 3.45. The Labute approximate surface area is 185 Å². The standard InChI is InChI=1S/C21H25N3O7S/c1-24(20(31-5)12-8-7-9-13(10-12)32(6,26)27)21-22-14-11-15(28-2)17(29-3)18(30-4)16(14)19(25)23-21/h7-11,20H,1-6H3,(H,22,23,25). The van der Waals surface area contributed by atoms with Gasteiger partial charge in [0.2, 0.25) is 11.7 Å². The minimum absolute atomic E-state index is 0.159. The Morgan fingerprint density at radius 1 is 1.03 bits per heavy atom. The Kier molecular flexibility index (Phi) is 6.60. The van der Waals surface area contributed by atoms with Gasteiger partial charge < -0.3 is 23.8 Å². The number of methoxy groups -OCH3 is 4. The molecule has 2 aromatic carbocycles. The number of aromatic nitrogens is 2. The molecule has 0 radical (unpaired) electrons. The Bertz CT molecular complexity index is 1300. The summed E-state index contributed by atoms with van der Waals surface area (Å²) in [6.07, 6.45) is 0.411. The summed E-state index contributed by atoms with van der Waals surface area (Å²) in [7, 11) is 4.09. The molecule has 0 saturated carbocycles. The number of nitrogens with one attached hydrogen (secondary N) is 1. The molecule has 11 heteroatoms. The van der Waals surface area contributed by atoms with E-state index in [0.29, 0.717) is 16.8 Å². The van der Waals surface area contributed by atoms with Gasteiger partial charge in [0.1, 0.15) is 5.39 Å².